The highest BCUT2D eigenvalue weighted by Crippen LogP contribution is 2.28. The summed E-state index contributed by atoms with van der Waals surface area (Å²) in [6.07, 6.45) is 3.27. The standard InChI is InChI=1S/C26H29N3OS/c30-26(27-25(20-7-3-1-4-8-20)21-9-5-2-6-10-21)28-15-11-23(12-16-28)29-17-13-24-22(19-29)14-18-31-24/h1-10,14,18,23,25H,11-13,15-17,19H2,(H,27,30). The highest BCUT2D eigenvalue weighted by atomic mass is 32.1. The predicted octanol–water partition coefficient (Wildman–Crippen LogP) is 5.07. The first-order valence-electron chi connectivity index (χ1n) is 11.2. The zero-order chi connectivity index (χ0) is 21.0. The van der Waals surface area contributed by atoms with Gasteiger partial charge in [-0.05, 0) is 47.4 Å². The lowest BCUT2D eigenvalue weighted by molar-refractivity contribution is 0.107. The van der Waals surface area contributed by atoms with E-state index in [0.29, 0.717) is 6.04 Å². The van der Waals surface area contributed by atoms with Crippen molar-refractivity contribution in [2.75, 3.05) is 19.6 Å². The number of urea groups is 1. The Labute approximate surface area is 188 Å². The number of rotatable bonds is 4. The number of benzene rings is 2. The number of likely N-dealkylation sites (tertiary alicyclic amines) is 1. The average molecular weight is 432 g/mol. The van der Waals surface area contributed by atoms with E-state index >= 15 is 0 Å². The second kappa shape index (κ2) is 9.25. The Hall–Kier alpha value is -2.63. The van der Waals surface area contributed by atoms with Crippen LogP contribution in [0.2, 0.25) is 0 Å². The molecule has 1 fully saturated rings. The summed E-state index contributed by atoms with van der Waals surface area (Å²) in [7, 11) is 0. The molecule has 2 aliphatic rings. The van der Waals surface area contributed by atoms with Crippen molar-refractivity contribution in [2.45, 2.75) is 37.9 Å². The maximum Gasteiger partial charge on any atom is 0.318 e. The molecule has 0 atom stereocenters. The molecule has 0 spiro atoms. The van der Waals surface area contributed by atoms with E-state index in [0.717, 1.165) is 50.1 Å². The number of thiophene rings is 1. The first kappa shape index (κ1) is 20.3. The zero-order valence-corrected chi connectivity index (χ0v) is 18.6. The van der Waals surface area contributed by atoms with Gasteiger partial charge in [0.05, 0.1) is 6.04 Å². The quantitative estimate of drug-likeness (QED) is 0.626. The third-order valence-electron chi connectivity index (χ3n) is 6.64. The Morgan fingerprint density at radius 1 is 0.903 bits per heavy atom. The number of nitrogens with zero attached hydrogens (tertiary/aromatic N) is 2. The molecular weight excluding hydrogens is 402 g/mol. The average Bonchev–Trinajstić information content (AvgIpc) is 3.32. The van der Waals surface area contributed by atoms with Crippen LogP contribution < -0.4 is 5.32 Å². The van der Waals surface area contributed by atoms with Crippen LogP contribution in [0.5, 0.6) is 0 Å². The first-order chi connectivity index (χ1) is 15.3. The summed E-state index contributed by atoms with van der Waals surface area (Å²) < 4.78 is 0. The van der Waals surface area contributed by atoms with Crippen LogP contribution in [-0.2, 0) is 13.0 Å². The van der Waals surface area contributed by atoms with E-state index in [4.69, 9.17) is 0 Å². The number of piperidine rings is 1. The fourth-order valence-electron chi connectivity index (χ4n) is 4.88. The Morgan fingerprint density at radius 2 is 1.55 bits per heavy atom. The van der Waals surface area contributed by atoms with Crippen LogP contribution in [0, 0.1) is 0 Å². The van der Waals surface area contributed by atoms with Gasteiger partial charge in [-0.15, -0.1) is 11.3 Å². The van der Waals surface area contributed by atoms with Gasteiger partial charge in [-0.25, -0.2) is 4.79 Å². The van der Waals surface area contributed by atoms with Gasteiger partial charge in [0.15, 0.2) is 0 Å². The lowest BCUT2D eigenvalue weighted by Crippen LogP contribution is -2.50. The molecule has 4 nitrogen and oxygen atoms in total. The number of hydrogen-bond donors (Lipinski definition) is 1. The second-order valence-electron chi connectivity index (χ2n) is 8.51. The van der Waals surface area contributed by atoms with E-state index in [1.54, 1.807) is 4.88 Å². The fraction of sp³-hybridized carbons (Fsp3) is 0.346. The summed E-state index contributed by atoms with van der Waals surface area (Å²) >= 11 is 1.89. The fourth-order valence-corrected chi connectivity index (χ4v) is 5.77. The van der Waals surface area contributed by atoms with E-state index in [1.165, 1.54) is 12.0 Å². The van der Waals surface area contributed by atoms with Crippen molar-refractivity contribution in [3.63, 3.8) is 0 Å². The molecule has 1 N–H and O–H groups in total. The summed E-state index contributed by atoms with van der Waals surface area (Å²) in [6, 6.07) is 23.2. The van der Waals surface area contributed by atoms with Crippen LogP contribution in [0.25, 0.3) is 0 Å². The third-order valence-corrected chi connectivity index (χ3v) is 7.66. The summed E-state index contributed by atoms with van der Waals surface area (Å²) in [6.45, 7) is 3.85. The normalized spacial score (nSPS) is 17.5. The minimum Gasteiger partial charge on any atom is -0.327 e. The smallest absolute Gasteiger partial charge is 0.318 e. The summed E-state index contributed by atoms with van der Waals surface area (Å²) in [5.41, 5.74) is 3.72. The summed E-state index contributed by atoms with van der Waals surface area (Å²) in [4.78, 5) is 19.3. The molecule has 0 radical (unpaired) electrons. The molecule has 3 aromatic rings. The summed E-state index contributed by atoms with van der Waals surface area (Å²) in [5.74, 6) is 0. The van der Waals surface area contributed by atoms with E-state index in [9.17, 15) is 4.79 Å². The van der Waals surface area contributed by atoms with E-state index < -0.39 is 0 Å². The van der Waals surface area contributed by atoms with Crippen molar-refractivity contribution in [1.82, 2.24) is 15.1 Å². The van der Waals surface area contributed by atoms with Crippen LogP contribution >= 0.6 is 11.3 Å². The molecule has 2 aliphatic heterocycles. The molecule has 5 heteroatoms. The lowest BCUT2D eigenvalue weighted by atomic mass is 9.98. The summed E-state index contributed by atoms with van der Waals surface area (Å²) in [5, 5.41) is 5.52. The molecule has 2 aromatic carbocycles. The molecule has 0 bridgehead atoms. The Morgan fingerprint density at radius 3 is 2.19 bits per heavy atom. The minimum atomic E-state index is -0.133. The molecule has 5 rings (SSSR count). The van der Waals surface area contributed by atoms with E-state index in [-0.39, 0.29) is 12.1 Å². The first-order valence-corrected chi connectivity index (χ1v) is 12.1. The number of amides is 2. The van der Waals surface area contributed by atoms with Gasteiger partial charge in [-0.1, -0.05) is 60.7 Å². The van der Waals surface area contributed by atoms with Crippen molar-refractivity contribution < 1.29 is 4.79 Å². The van der Waals surface area contributed by atoms with Gasteiger partial charge >= 0.3 is 6.03 Å². The highest BCUT2D eigenvalue weighted by molar-refractivity contribution is 7.10. The van der Waals surface area contributed by atoms with Gasteiger partial charge in [0.2, 0.25) is 0 Å². The Kier molecular flexibility index (Phi) is 6.05. The Balaban J connectivity index is 1.22. The SMILES string of the molecule is O=C(NC(c1ccccc1)c1ccccc1)N1CCC(N2CCc3sccc3C2)CC1. The van der Waals surface area contributed by atoms with Gasteiger partial charge in [0.25, 0.3) is 0 Å². The molecule has 0 saturated carbocycles. The lowest BCUT2D eigenvalue weighted by Gasteiger charge is -2.40. The van der Waals surface area contributed by atoms with Gasteiger partial charge in [-0.2, -0.15) is 0 Å². The molecule has 0 aliphatic carbocycles. The molecule has 0 unspecified atom stereocenters. The zero-order valence-electron chi connectivity index (χ0n) is 17.7. The van der Waals surface area contributed by atoms with Gasteiger partial charge in [0.1, 0.15) is 0 Å². The monoisotopic (exact) mass is 431 g/mol. The van der Waals surface area contributed by atoms with Crippen molar-refractivity contribution in [1.29, 1.82) is 0 Å². The number of fused-ring (bicyclic) bond motifs is 1. The second-order valence-corrected chi connectivity index (χ2v) is 9.51. The maximum atomic E-state index is 13.2. The molecule has 160 valence electrons. The number of carbonyl (C=O) groups is 1. The predicted molar refractivity (Wildman–Crippen MR) is 126 cm³/mol. The van der Waals surface area contributed by atoms with Crippen molar-refractivity contribution in [3.05, 3.63) is 93.7 Å². The minimum absolute atomic E-state index is 0.0370. The maximum absolute atomic E-state index is 13.2. The Bertz CT molecular complexity index is 956. The van der Waals surface area contributed by atoms with Crippen LogP contribution in [-0.4, -0.2) is 41.5 Å². The van der Waals surface area contributed by atoms with Crippen molar-refractivity contribution in [3.8, 4) is 0 Å². The number of hydrogen-bond acceptors (Lipinski definition) is 3. The van der Waals surface area contributed by atoms with E-state index in [1.807, 2.05) is 52.6 Å². The molecule has 1 aromatic heterocycles. The highest BCUT2D eigenvalue weighted by Gasteiger charge is 2.30. The van der Waals surface area contributed by atoms with Gasteiger partial charge < -0.3 is 10.2 Å². The van der Waals surface area contributed by atoms with Gasteiger partial charge in [0, 0.05) is 37.1 Å². The number of nitrogens with one attached hydrogen (secondary N) is 1. The van der Waals surface area contributed by atoms with Crippen LogP contribution in [0.1, 0.15) is 40.5 Å². The topological polar surface area (TPSA) is 35.6 Å². The van der Waals surface area contributed by atoms with Gasteiger partial charge in [-0.3, -0.25) is 4.90 Å². The molecule has 1 saturated heterocycles. The largest absolute Gasteiger partial charge is 0.327 e. The van der Waals surface area contributed by atoms with Crippen LogP contribution in [0.3, 0.4) is 0 Å². The van der Waals surface area contributed by atoms with E-state index in [2.05, 4.69) is 45.9 Å². The van der Waals surface area contributed by atoms with Crippen LogP contribution in [0.4, 0.5) is 4.79 Å². The molecule has 31 heavy (non-hydrogen) atoms. The van der Waals surface area contributed by atoms with Crippen molar-refractivity contribution >= 4 is 17.4 Å². The van der Waals surface area contributed by atoms with Crippen molar-refractivity contribution in [2.24, 2.45) is 0 Å². The molecular formula is C26H29N3OS. The number of carbonyl (C=O) groups excluding carboxylic acids is 1. The third kappa shape index (κ3) is 4.53. The molecule has 2 amide bonds. The van der Waals surface area contributed by atoms with Crippen LogP contribution in [0.15, 0.2) is 72.1 Å². The molecule has 3 heterocycles.